The van der Waals surface area contributed by atoms with Crippen LogP contribution in [0.5, 0.6) is 0 Å². The molecule has 1 aliphatic rings. The first-order valence-corrected chi connectivity index (χ1v) is 7.32. The third-order valence-electron chi connectivity index (χ3n) is 4.15. The lowest BCUT2D eigenvalue weighted by Gasteiger charge is -2.15. The van der Waals surface area contributed by atoms with Crippen molar-refractivity contribution in [3.63, 3.8) is 0 Å². The van der Waals surface area contributed by atoms with Crippen molar-refractivity contribution in [3.8, 4) is 0 Å². The van der Waals surface area contributed by atoms with Crippen LogP contribution in [0.25, 0.3) is 0 Å². The van der Waals surface area contributed by atoms with Crippen LogP contribution in [0.2, 0.25) is 0 Å². The number of halogens is 1. The summed E-state index contributed by atoms with van der Waals surface area (Å²) >= 11 is 0. The lowest BCUT2D eigenvalue weighted by atomic mass is 10.0. The van der Waals surface area contributed by atoms with Gasteiger partial charge in [-0.3, -0.25) is 0 Å². The zero-order chi connectivity index (χ0) is 13.9. The lowest BCUT2D eigenvalue weighted by molar-refractivity contribution is 0.572. The molecule has 2 heteroatoms. The molecule has 1 aliphatic carbocycles. The van der Waals surface area contributed by atoms with E-state index in [4.69, 9.17) is 0 Å². The Balaban J connectivity index is 1.64. The fraction of sp³-hybridized carbons (Fsp3) is 0.333. The SMILES string of the molecule is CC(NCc1ccc(F)cc1)c1ccc2c(c1)CCC2. The highest BCUT2D eigenvalue weighted by Crippen LogP contribution is 2.25. The fourth-order valence-electron chi connectivity index (χ4n) is 2.85. The van der Waals surface area contributed by atoms with Gasteiger partial charge in [0.1, 0.15) is 5.82 Å². The van der Waals surface area contributed by atoms with Crippen LogP contribution in [-0.2, 0) is 19.4 Å². The van der Waals surface area contributed by atoms with Gasteiger partial charge < -0.3 is 5.32 Å². The molecule has 1 nitrogen and oxygen atoms in total. The Labute approximate surface area is 119 Å². The van der Waals surface area contributed by atoms with Crippen LogP contribution in [-0.4, -0.2) is 0 Å². The molecule has 0 saturated carbocycles. The second kappa shape index (κ2) is 5.76. The summed E-state index contributed by atoms with van der Waals surface area (Å²) in [4.78, 5) is 0. The number of rotatable bonds is 4. The maximum atomic E-state index is 12.9. The van der Waals surface area contributed by atoms with Crippen LogP contribution in [0.3, 0.4) is 0 Å². The summed E-state index contributed by atoms with van der Waals surface area (Å²) in [6.45, 7) is 2.94. The third-order valence-corrected chi connectivity index (χ3v) is 4.15. The van der Waals surface area contributed by atoms with E-state index in [1.54, 1.807) is 0 Å². The molecular formula is C18H20FN. The highest BCUT2D eigenvalue weighted by molar-refractivity contribution is 5.36. The molecule has 0 radical (unpaired) electrons. The molecule has 0 amide bonds. The average Bonchev–Trinajstić information content (AvgIpc) is 2.93. The van der Waals surface area contributed by atoms with Gasteiger partial charge in [-0.05, 0) is 60.6 Å². The summed E-state index contributed by atoms with van der Waals surface area (Å²) in [5.41, 5.74) is 5.48. The van der Waals surface area contributed by atoms with Crippen molar-refractivity contribution in [2.75, 3.05) is 0 Å². The molecule has 0 spiro atoms. The number of benzene rings is 2. The molecule has 2 aromatic rings. The summed E-state index contributed by atoms with van der Waals surface area (Å²) < 4.78 is 12.9. The minimum Gasteiger partial charge on any atom is -0.306 e. The Kier molecular flexibility index (Phi) is 3.83. The summed E-state index contributed by atoms with van der Waals surface area (Å²) in [6, 6.07) is 13.8. The first-order valence-electron chi connectivity index (χ1n) is 7.32. The number of hydrogen-bond donors (Lipinski definition) is 1. The van der Waals surface area contributed by atoms with E-state index in [1.165, 1.54) is 48.1 Å². The van der Waals surface area contributed by atoms with Gasteiger partial charge in [-0.1, -0.05) is 30.3 Å². The van der Waals surface area contributed by atoms with Gasteiger partial charge in [-0.15, -0.1) is 0 Å². The standard InChI is InChI=1S/C18H20FN/c1-13(20-12-14-5-9-18(19)10-6-14)16-8-7-15-3-2-4-17(15)11-16/h5-11,13,20H,2-4,12H2,1H3. The number of aryl methyl sites for hydroxylation is 2. The highest BCUT2D eigenvalue weighted by Gasteiger charge is 2.13. The minimum atomic E-state index is -0.180. The second-order valence-electron chi connectivity index (χ2n) is 5.61. The van der Waals surface area contributed by atoms with E-state index in [2.05, 4.69) is 30.4 Å². The molecule has 0 aromatic heterocycles. The van der Waals surface area contributed by atoms with Gasteiger partial charge in [-0.2, -0.15) is 0 Å². The quantitative estimate of drug-likeness (QED) is 0.878. The third kappa shape index (κ3) is 2.91. The molecule has 20 heavy (non-hydrogen) atoms. The number of fused-ring (bicyclic) bond motifs is 1. The molecule has 3 rings (SSSR count). The monoisotopic (exact) mass is 269 g/mol. The number of hydrogen-bond acceptors (Lipinski definition) is 1. The van der Waals surface area contributed by atoms with Crippen LogP contribution >= 0.6 is 0 Å². The Morgan fingerprint density at radius 1 is 1.05 bits per heavy atom. The second-order valence-corrected chi connectivity index (χ2v) is 5.61. The van der Waals surface area contributed by atoms with Gasteiger partial charge in [-0.25, -0.2) is 4.39 Å². The maximum absolute atomic E-state index is 12.9. The first-order chi connectivity index (χ1) is 9.72. The Morgan fingerprint density at radius 2 is 1.80 bits per heavy atom. The largest absolute Gasteiger partial charge is 0.306 e. The molecule has 2 aromatic carbocycles. The van der Waals surface area contributed by atoms with Crippen molar-refractivity contribution in [2.45, 2.75) is 38.8 Å². The van der Waals surface area contributed by atoms with E-state index in [-0.39, 0.29) is 5.82 Å². The van der Waals surface area contributed by atoms with Gasteiger partial charge in [0, 0.05) is 12.6 Å². The molecule has 0 fully saturated rings. The highest BCUT2D eigenvalue weighted by atomic mass is 19.1. The average molecular weight is 269 g/mol. The van der Waals surface area contributed by atoms with Crippen molar-refractivity contribution in [2.24, 2.45) is 0 Å². The van der Waals surface area contributed by atoms with E-state index in [0.717, 1.165) is 12.1 Å². The normalized spacial score (nSPS) is 15.1. The summed E-state index contributed by atoms with van der Waals surface area (Å²) in [5.74, 6) is -0.180. The first kappa shape index (κ1) is 13.3. The van der Waals surface area contributed by atoms with Crippen molar-refractivity contribution >= 4 is 0 Å². The Morgan fingerprint density at radius 3 is 2.60 bits per heavy atom. The van der Waals surface area contributed by atoms with Gasteiger partial charge >= 0.3 is 0 Å². The summed E-state index contributed by atoms with van der Waals surface area (Å²) in [6.07, 6.45) is 3.73. The van der Waals surface area contributed by atoms with Gasteiger partial charge in [0.15, 0.2) is 0 Å². The molecule has 0 saturated heterocycles. The van der Waals surface area contributed by atoms with E-state index >= 15 is 0 Å². The van der Waals surface area contributed by atoms with Gasteiger partial charge in [0.05, 0.1) is 0 Å². The molecule has 1 atom stereocenters. The molecule has 0 aliphatic heterocycles. The van der Waals surface area contributed by atoms with E-state index in [9.17, 15) is 4.39 Å². The predicted molar refractivity (Wildman–Crippen MR) is 80.1 cm³/mol. The summed E-state index contributed by atoms with van der Waals surface area (Å²) in [7, 11) is 0. The smallest absolute Gasteiger partial charge is 0.123 e. The predicted octanol–water partition coefficient (Wildman–Crippen LogP) is 4.17. The molecular weight excluding hydrogens is 249 g/mol. The van der Waals surface area contributed by atoms with Crippen molar-refractivity contribution < 1.29 is 4.39 Å². The zero-order valence-corrected chi connectivity index (χ0v) is 11.8. The summed E-state index contributed by atoms with van der Waals surface area (Å²) in [5, 5.41) is 3.50. The Bertz CT molecular complexity index is 589. The molecule has 1 unspecified atom stereocenters. The van der Waals surface area contributed by atoms with E-state index in [0.29, 0.717) is 6.04 Å². The van der Waals surface area contributed by atoms with Crippen molar-refractivity contribution in [1.29, 1.82) is 0 Å². The van der Waals surface area contributed by atoms with Crippen LogP contribution in [0.15, 0.2) is 42.5 Å². The zero-order valence-electron chi connectivity index (χ0n) is 11.8. The molecule has 104 valence electrons. The van der Waals surface area contributed by atoms with Crippen LogP contribution in [0, 0.1) is 5.82 Å². The lowest BCUT2D eigenvalue weighted by Crippen LogP contribution is -2.18. The van der Waals surface area contributed by atoms with Crippen LogP contribution in [0.4, 0.5) is 4.39 Å². The molecule has 0 bridgehead atoms. The van der Waals surface area contributed by atoms with Gasteiger partial charge in [0.25, 0.3) is 0 Å². The topological polar surface area (TPSA) is 12.0 Å². The minimum absolute atomic E-state index is 0.180. The fourth-order valence-corrected chi connectivity index (χ4v) is 2.85. The van der Waals surface area contributed by atoms with Crippen molar-refractivity contribution in [1.82, 2.24) is 5.32 Å². The van der Waals surface area contributed by atoms with E-state index < -0.39 is 0 Å². The Hall–Kier alpha value is -1.67. The number of nitrogens with one attached hydrogen (secondary N) is 1. The van der Waals surface area contributed by atoms with Gasteiger partial charge in [0.2, 0.25) is 0 Å². The van der Waals surface area contributed by atoms with Crippen molar-refractivity contribution in [3.05, 3.63) is 70.5 Å². The van der Waals surface area contributed by atoms with Crippen LogP contribution in [0.1, 0.15) is 41.6 Å². The maximum Gasteiger partial charge on any atom is 0.123 e. The van der Waals surface area contributed by atoms with E-state index in [1.807, 2.05) is 12.1 Å². The molecule has 0 heterocycles. The molecule has 1 N–H and O–H groups in total. The van der Waals surface area contributed by atoms with Crippen LogP contribution < -0.4 is 5.32 Å².